The van der Waals surface area contributed by atoms with Gasteiger partial charge < -0.3 is 15.3 Å². The lowest BCUT2D eigenvalue weighted by molar-refractivity contribution is -0.129. The van der Waals surface area contributed by atoms with Crippen molar-refractivity contribution in [1.29, 1.82) is 0 Å². The van der Waals surface area contributed by atoms with E-state index >= 15 is 0 Å². The van der Waals surface area contributed by atoms with Crippen LogP contribution in [0.2, 0.25) is 0 Å². The number of amides is 1. The number of carbonyl (C=O) groups excluding carboxylic acids is 1. The molecule has 290 valence electrons. The molecule has 8 heteroatoms. The first kappa shape index (κ1) is 40.7. The fourth-order valence-corrected chi connectivity index (χ4v) is 12.8. The lowest BCUT2D eigenvalue weighted by Crippen LogP contribution is -2.51. The van der Waals surface area contributed by atoms with Crippen molar-refractivity contribution in [3.8, 4) is 0 Å². The third-order valence-corrected chi connectivity index (χ3v) is 16.0. The van der Waals surface area contributed by atoms with Crippen molar-refractivity contribution in [3.63, 3.8) is 0 Å². The Morgan fingerprint density at radius 3 is 2.31 bits per heavy atom. The summed E-state index contributed by atoms with van der Waals surface area (Å²) in [4.78, 5) is 25.9. The molecule has 0 radical (unpaired) electrons. The molecule has 2 N–H and O–H groups in total. The molecule has 0 bridgehead atoms. The van der Waals surface area contributed by atoms with Crippen molar-refractivity contribution < 1.29 is 23.1 Å². The van der Waals surface area contributed by atoms with E-state index in [1.165, 1.54) is 68.8 Å². The molecule has 9 unspecified atom stereocenters. The van der Waals surface area contributed by atoms with Crippen LogP contribution in [0.3, 0.4) is 0 Å². The minimum Gasteiger partial charge on any atom is -0.478 e. The molecule has 1 aromatic rings. The summed E-state index contributed by atoms with van der Waals surface area (Å²) in [5.41, 5.74) is 4.62. The Bertz CT molecular complexity index is 1610. The van der Waals surface area contributed by atoms with E-state index in [9.17, 15) is 23.1 Å². The molecule has 3 fully saturated rings. The van der Waals surface area contributed by atoms with Crippen molar-refractivity contribution in [2.75, 3.05) is 38.7 Å². The SMILES string of the molecule is C=C(C)C1CCC2(CNCCC(=O)N(C)CCS(C)(=O)=O)CCC(C)C(CCC3C(C)CCC4C(C)(C)C(c5ccc(C(=O)O)cc5)=CCC34C)C12. The van der Waals surface area contributed by atoms with E-state index in [1.807, 2.05) is 12.1 Å². The van der Waals surface area contributed by atoms with Crippen LogP contribution in [0.25, 0.3) is 5.57 Å². The van der Waals surface area contributed by atoms with Crippen molar-refractivity contribution in [3.05, 3.63) is 53.6 Å². The number of carboxylic acid groups (broad SMARTS) is 1. The largest absolute Gasteiger partial charge is 0.478 e. The highest BCUT2D eigenvalue weighted by atomic mass is 32.2. The number of nitrogens with one attached hydrogen (secondary N) is 1. The Balaban J connectivity index is 1.30. The summed E-state index contributed by atoms with van der Waals surface area (Å²) in [5.74, 6) is 3.46. The van der Waals surface area contributed by atoms with Crippen LogP contribution in [-0.2, 0) is 14.6 Å². The Kier molecular flexibility index (Phi) is 12.3. The van der Waals surface area contributed by atoms with Gasteiger partial charge in [-0.3, -0.25) is 4.79 Å². The first-order valence-electron chi connectivity index (χ1n) is 20.1. The molecule has 1 amide bonds. The summed E-state index contributed by atoms with van der Waals surface area (Å²) in [6, 6.07) is 7.51. The van der Waals surface area contributed by atoms with E-state index in [0.717, 1.165) is 18.5 Å². The molecular formula is C44H68N2O5S. The van der Waals surface area contributed by atoms with Gasteiger partial charge in [0.1, 0.15) is 9.84 Å². The highest BCUT2D eigenvalue weighted by Crippen LogP contribution is 2.65. The second-order valence-corrected chi connectivity index (χ2v) is 20.9. The van der Waals surface area contributed by atoms with Crippen molar-refractivity contribution in [1.82, 2.24) is 10.2 Å². The van der Waals surface area contributed by atoms with E-state index in [1.54, 1.807) is 24.1 Å². The van der Waals surface area contributed by atoms with E-state index in [2.05, 4.69) is 59.5 Å². The van der Waals surface area contributed by atoms with Crippen molar-refractivity contribution in [2.24, 2.45) is 57.7 Å². The van der Waals surface area contributed by atoms with Crippen LogP contribution in [0.15, 0.2) is 42.5 Å². The van der Waals surface area contributed by atoms with Crippen LogP contribution < -0.4 is 5.32 Å². The lowest BCUT2D eigenvalue weighted by Gasteiger charge is -2.59. The Morgan fingerprint density at radius 1 is 1.00 bits per heavy atom. The van der Waals surface area contributed by atoms with Crippen LogP contribution >= 0.6 is 0 Å². The molecule has 5 rings (SSSR count). The topological polar surface area (TPSA) is 104 Å². The zero-order chi connectivity index (χ0) is 38.2. The zero-order valence-electron chi connectivity index (χ0n) is 33.5. The summed E-state index contributed by atoms with van der Waals surface area (Å²) >= 11 is 0. The molecule has 0 aliphatic heterocycles. The maximum Gasteiger partial charge on any atom is 0.335 e. The van der Waals surface area contributed by atoms with Crippen molar-refractivity contribution >= 4 is 27.3 Å². The molecule has 0 heterocycles. The average molecular weight is 737 g/mol. The lowest BCUT2D eigenvalue weighted by atomic mass is 9.45. The normalized spacial score (nSPS) is 34.2. The van der Waals surface area contributed by atoms with Gasteiger partial charge in [0.15, 0.2) is 0 Å². The number of hydrogen-bond donors (Lipinski definition) is 2. The predicted octanol–water partition coefficient (Wildman–Crippen LogP) is 8.76. The number of allylic oxidation sites excluding steroid dienone is 3. The quantitative estimate of drug-likeness (QED) is 0.146. The molecule has 4 aliphatic rings. The van der Waals surface area contributed by atoms with Gasteiger partial charge in [-0.15, -0.1) is 0 Å². The maximum atomic E-state index is 12.8. The van der Waals surface area contributed by atoms with Gasteiger partial charge in [0.2, 0.25) is 5.91 Å². The number of benzene rings is 1. The maximum absolute atomic E-state index is 12.8. The highest BCUT2D eigenvalue weighted by Gasteiger charge is 2.57. The van der Waals surface area contributed by atoms with E-state index in [-0.39, 0.29) is 34.4 Å². The molecule has 0 aromatic heterocycles. The first-order chi connectivity index (χ1) is 24.3. The number of sulfone groups is 1. The summed E-state index contributed by atoms with van der Waals surface area (Å²) in [7, 11) is -1.41. The minimum absolute atomic E-state index is 0.00449. The number of rotatable bonds is 14. The standard InChI is InChI=1S/C44H68N2O5S/c1-29(2)34-19-24-44(28-45-25-21-39(47)46(8)26-27-52(9,50)51)23-18-30(3)35(40(34)44)15-16-36-31(4)10-17-38-42(5,6)37(20-22-43(36,38)7)32-11-13-33(14-12-32)41(48)49/h11-14,20,30-31,34-36,38,40,45H,1,10,15-19,21-28H2,2-9H3,(H,48,49). The number of hydrogen-bond acceptors (Lipinski definition) is 5. The highest BCUT2D eigenvalue weighted by molar-refractivity contribution is 7.90. The summed E-state index contributed by atoms with van der Waals surface area (Å²) in [6.07, 6.45) is 15.1. The van der Waals surface area contributed by atoms with Crippen LogP contribution in [0, 0.1) is 57.7 Å². The van der Waals surface area contributed by atoms with Crippen LogP contribution in [0.5, 0.6) is 0 Å². The zero-order valence-corrected chi connectivity index (χ0v) is 34.3. The predicted molar refractivity (Wildman–Crippen MR) is 213 cm³/mol. The molecule has 3 saturated carbocycles. The van der Waals surface area contributed by atoms with Crippen LogP contribution in [0.1, 0.15) is 122 Å². The van der Waals surface area contributed by atoms with Gasteiger partial charge in [-0.1, -0.05) is 71.4 Å². The second kappa shape index (κ2) is 15.7. The summed E-state index contributed by atoms with van der Waals surface area (Å²) in [6.45, 7) is 21.0. The van der Waals surface area contributed by atoms with Crippen LogP contribution in [0.4, 0.5) is 0 Å². The third kappa shape index (κ3) is 8.28. The van der Waals surface area contributed by atoms with E-state index in [4.69, 9.17) is 0 Å². The number of fused-ring (bicyclic) bond motifs is 2. The Hall–Kier alpha value is -2.45. The van der Waals surface area contributed by atoms with Gasteiger partial charge in [-0.05, 0) is 139 Å². The number of carbonyl (C=O) groups is 2. The second-order valence-electron chi connectivity index (χ2n) is 18.7. The fraction of sp³-hybridized carbons (Fsp3) is 0.727. The molecule has 0 spiro atoms. The van der Waals surface area contributed by atoms with Gasteiger partial charge in [0.05, 0.1) is 11.3 Å². The van der Waals surface area contributed by atoms with E-state index < -0.39 is 15.8 Å². The van der Waals surface area contributed by atoms with Gasteiger partial charge in [0.25, 0.3) is 0 Å². The Morgan fingerprint density at radius 2 is 1.67 bits per heavy atom. The van der Waals surface area contributed by atoms with Gasteiger partial charge in [0, 0.05) is 39.4 Å². The van der Waals surface area contributed by atoms with Crippen LogP contribution in [-0.4, -0.2) is 69.0 Å². The monoisotopic (exact) mass is 736 g/mol. The molecule has 7 nitrogen and oxygen atoms in total. The Labute approximate surface area is 315 Å². The minimum atomic E-state index is -3.11. The van der Waals surface area contributed by atoms with Crippen molar-refractivity contribution in [2.45, 2.75) is 106 Å². The summed E-state index contributed by atoms with van der Waals surface area (Å²) < 4.78 is 23.2. The number of carboxylic acids is 1. The summed E-state index contributed by atoms with van der Waals surface area (Å²) in [5, 5.41) is 13.2. The van der Waals surface area contributed by atoms with Gasteiger partial charge in [-0.25, -0.2) is 13.2 Å². The van der Waals surface area contributed by atoms with E-state index in [0.29, 0.717) is 60.0 Å². The smallest absolute Gasteiger partial charge is 0.335 e. The number of nitrogens with zero attached hydrogens (tertiary/aromatic N) is 1. The molecule has 4 aliphatic carbocycles. The molecular weight excluding hydrogens is 669 g/mol. The first-order valence-corrected chi connectivity index (χ1v) is 22.2. The molecule has 9 atom stereocenters. The molecule has 0 saturated heterocycles. The third-order valence-electron chi connectivity index (χ3n) is 15.0. The fourth-order valence-electron chi connectivity index (χ4n) is 12.2. The van der Waals surface area contributed by atoms with Gasteiger partial charge in [-0.2, -0.15) is 0 Å². The number of aromatic carboxylic acids is 1. The average Bonchev–Trinajstić information content (AvgIpc) is 3.45. The molecule has 52 heavy (non-hydrogen) atoms. The van der Waals surface area contributed by atoms with Gasteiger partial charge >= 0.3 is 5.97 Å². The molecule has 1 aromatic carbocycles.